The molecule has 0 saturated heterocycles. The maximum Gasteiger partial charge on any atom is 0.0776 e. The minimum Gasteiger partial charge on any atom is -0.396 e. The number of nitrogens with zero attached hydrogens (tertiary/aromatic N) is 4. The first-order valence-corrected chi connectivity index (χ1v) is 7.35. The second-order valence-electron chi connectivity index (χ2n) is 5.18. The van der Waals surface area contributed by atoms with Crippen LogP contribution in [0.3, 0.4) is 0 Å². The van der Waals surface area contributed by atoms with E-state index in [9.17, 15) is 0 Å². The van der Waals surface area contributed by atoms with E-state index < -0.39 is 6.10 Å². The van der Waals surface area contributed by atoms with Gasteiger partial charge in [-0.05, 0) is 37.1 Å². The smallest absolute Gasteiger partial charge is 0.0776 e. The number of nitrogens with two attached hydrogens (primary N) is 1. The number of rotatable bonds is 3. The summed E-state index contributed by atoms with van der Waals surface area (Å²) < 4.78 is 1.83. The van der Waals surface area contributed by atoms with Crippen molar-refractivity contribution in [1.82, 2.24) is 19.7 Å². The predicted octanol–water partition coefficient (Wildman–Crippen LogP) is 2.60. The summed E-state index contributed by atoms with van der Waals surface area (Å²) in [5.41, 5.74) is 8.26. The van der Waals surface area contributed by atoms with Gasteiger partial charge in [-0.1, -0.05) is 12.1 Å². The number of aliphatic hydroxyl groups is 1. The Morgan fingerprint density at radius 2 is 1.61 bits per heavy atom. The van der Waals surface area contributed by atoms with Crippen LogP contribution in [0.15, 0.2) is 61.4 Å². The molecule has 0 spiro atoms. The van der Waals surface area contributed by atoms with Crippen LogP contribution in [0.25, 0.3) is 0 Å². The molecular formula is C17H21N5O. The minimum atomic E-state index is -0.404. The molecule has 0 amide bonds. The van der Waals surface area contributed by atoms with E-state index in [0.717, 1.165) is 11.1 Å². The van der Waals surface area contributed by atoms with Gasteiger partial charge in [-0.15, -0.1) is 0 Å². The molecule has 0 aromatic carbocycles. The number of aliphatic hydroxyl groups excluding tert-OH is 1. The van der Waals surface area contributed by atoms with Crippen molar-refractivity contribution < 1.29 is 5.11 Å². The first kappa shape index (κ1) is 16.6. The number of pyridine rings is 2. The highest BCUT2D eigenvalue weighted by Crippen LogP contribution is 2.16. The normalized spacial score (nSPS) is 12.8. The van der Waals surface area contributed by atoms with Crippen LogP contribution in [0.2, 0.25) is 0 Å². The molecule has 3 aromatic rings. The second kappa shape index (κ2) is 8.05. The molecule has 0 aliphatic rings. The number of anilines is 1. The molecule has 3 aromatic heterocycles. The number of hydrogen-bond acceptors (Lipinski definition) is 5. The summed E-state index contributed by atoms with van der Waals surface area (Å²) in [5.74, 6) is 0. The highest BCUT2D eigenvalue weighted by atomic mass is 16.3. The molecule has 0 bridgehead atoms. The van der Waals surface area contributed by atoms with Crippen LogP contribution in [0.1, 0.15) is 37.1 Å². The van der Waals surface area contributed by atoms with Gasteiger partial charge in [0.15, 0.2) is 0 Å². The Hall–Kier alpha value is -2.73. The molecule has 6 nitrogen and oxygen atoms in total. The van der Waals surface area contributed by atoms with E-state index >= 15 is 0 Å². The molecule has 6 heteroatoms. The van der Waals surface area contributed by atoms with E-state index in [0.29, 0.717) is 5.69 Å². The Kier molecular flexibility index (Phi) is 5.82. The largest absolute Gasteiger partial charge is 0.396 e. The summed E-state index contributed by atoms with van der Waals surface area (Å²) in [6, 6.07) is 7.76. The van der Waals surface area contributed by atoms with Gasteiger partial charge < -0.3 is 10.8 Å². The maximum absolute atomic E-state index is 8.98. The Morgan fingerprint density at radius 3 is 2.00 bits per heavy atom. The van der Waals surface area contributed by atoms with E-state index in [1.807, 2.05) is 41.3 Å². The molecule has 2 atom stereocenters. The zero-order valence-corrected chi connectivity index (χ0v) is 13.2. The van der Waals surface area contributed by atoms with Crippen LogP contribution >= 0.6 is 0 Å². The van der Waals surface area contributed by atoms with Gasteiger partial charge in [0.05, 0.1) is 24.0 Å². The van der Waals surface area contributed by atoms with Gasteiger partial charge in [-0.3, -0.25) is 14.6 Å². The van der Waals surface area contributed by atoms with Crippen molar-refractivity contribution in [2.24, 2.45) is 0 Å². The van der Waals surface area contributed by atoms with E-state index in [2.05, 4.69) is 22.0 Å². The summed E-state index contributed by atoms with van der Waals surface area (Å²) >= 11 is 0. The predicted molar refractivity (Wildman–Crippen MR) is 89.6 cm³/mol. The van der Waals surface area contributed by atoms with Gasteiger partial charge in [0, 0.05) is 31.0 Å². The summed E-state index contributed by atoms with van der Waals surface area (Å²) in [7, 11) is 0. The Labute approximate surface area is 135 Å². The highest BCUT2D eigenvalue weighted by Gasteiger charge is 2.07. The molecule has 3 rings (SSSR count). The lowest BCUT2D eigenvalue weighted by molar-refractivity contribution is 0.199. The van der Waals surface area contributed by atoms with Crippen LogP contribution in [-0.4, -0.2) is 24.9 Å². The monoisotopic (exact) mass is 311 g/mol. The van der Waals surface area contributed by atoms with E-state index in [-0.39, 0.29) is 6.04 Å². The van der Waals surface area contributed by atoms with E-state index in [1.165, 1.54) is 0 Å². The van der Waals surface area contributed by atoms with Crippen LogP contribution in [-0.2, 0) is 0 Å². The molecule has 0 aliphatic heterocycles. The van der Waals surface area contributed by atoms with Gasteiger partial charge in [0.2, 0.25) is 0 Å². The molecule has 23 heavy (non-hydrogen) atoms. The lowest BCUT2D eigenvalue weighted by atomic mass is 10.1. The average molecular weight is 311 g/mol. The van der Waals surface area contributed by atoms with Crippen molar-refractivity contribution in [1.29, 1.82) is 0 Å². The van der Waals surface area contributed by atoms with Gasteiger partial charge in [-0.25, -0.2) is 0 Å². The fourth-order valence-electron chi connectivity index (χ4n) is 1.96. The maximum atomic E-state index is 8.98. The topological polar surface area (TPSA) is 89.9 Å². The number of nitrogen functional groups attached to an aromatic ring is 1. The lowest BCUT2D eigenvalue weighted by Gasteiger charge is -2.11. The molecule has 0 aliphatic carbocycles. The van der Waals surface area contributed by atoms with Crippen LogP contribution in [0.5, 0.6) is 0 Å². The van der Waals surface area contributed by atoms with Crippen molar-refractivity contribution >= 4 is 5.69 Å². The standard InChI is InChI=1S/C10H12N4.C7H9NO/c1-8(9-3-2-4-12-5-9)14-7-10(11)6-13-14;1-6(9)7-3-2-4-8-5-7/h2-8H,11H2,1H3;2-6,9H,1H3. The SMILES string of the molecule is CC(O)c1cccnc1.CC(c1cccnc1)n1cc(N)cn1. The third kappa shape index (κ3) is 4.89. The Balaban J connectivity index is 0.000000185. The summed E-state index contributed by atoms with van der Waals surface area (Å²) in [5, 5.41) is 13.1. The number of hydrogen-bond donors (Lipinski definition) is 2. The zero-order valence-electron chi connectivity index (χ0n) is 13.2. The quantitative estimate of drug-likeness (QED) is 0.776. The zero-order chi connectivity index (χ0) is 16.7. The van der Waals surface area contributed by atoms with Crippen LogP contribution in [0, 0.1) is 0 Å². The molecule has 0 fully saturated rings. The van der Waals surface area contributed by atoms with Crippen LogP contribution < -0.4 is 5.73 Å². The third-order valence-corrected chi connectivity index (χ3v) is 3.35. The summed E-state index contributed by atoms with van der Waals surface area (Å²) in [6.45, 7) is 3.78. The van der Waals surface area contributed by atoms with Crippen molar-refractivity contribution in [2.45, 2.75) is 26.0 Å². The summed E-state index contributed by atoms with van der Waals surface area (Å²) in [6.07, 6.45) is 10.00. The molecule has 120 valence electrons. The molecule has 0 radical (unpaired) electrons. The Morgan fingerprint density at radius 1 is 1.00 bits per heavy atom. The summed E-state index contributed by atoms with van der Waals surface area (Å²) in [4.78, 5) is 7.91. The lowest BCUT2D eigenvalue weighted by Crippen LogP contribution is -2.07. The van der Waals surface area contributed by atoms with Crippen molar-refractivity contribution in [2.75, 3.05) is 5.73 Å². The Bertz CT molecular complexity index is 697. The first-order chi connectivity index (χ1) is 11.1. The molecule has 2 unspecified atom stereocenters. The molecule has 3 N–H and O–H groups in total. The van der Waals surface area contributed by atoms with Crippen molar-refractivity contribution in [3.63, 3.8) is 0 Å². The third-order valence-electron chi connectivity index (χ3n) is 3.35. The molecule has 3 heterocycles. The minimum absolute atomic E-state index is 0.168. The van der Waals surface area contributed by atoms with Crippen molar-refractivity contribution in [3.05, 3.63) is 72.6 Å². The fraction of sp³-hybridized carbons (Fsp3) is 0.235. The molecule has 0 saturated carbocycles. The number of aromatic nitrogens is 4. The average Bonchev–Trinajstić information content (AvgIpc) is 3.03. The second-order valence-corrected chi connectivity index (χ2v) is 5.18. The molecular weight excluding hydrogens is 290 g/mol. The van der Waals surface area contributed by atoms with E-state index in [4.69, 9.17) is 10.8 Å². The highest BCUT2D eigenvalue weighted by molar-refractivity contribution is 5.31. The van der Waals surface area contributed by atoms with Crippen LogP contribution in [0.4, 0.5) is 5.69 Å². The van der Waals surface area contributed by atoms with Gasteiger partial charge >= 0.3 is 0 Å². The van der Waals surface area contributed by atoms with Gasteiger partial charge in [0.25, 0.3) is 0 Å². The van der Waals surface area contributed by atoms with Gasteiger partial charge in [0.1, 0.15) is 0 Å². The fourth-order valence-corrected chi connectivity index (χ4v) is 1.96. The van der Waals surface area contributed by atoms with Gasteiger partial charge in [-0.2, -0.15) is 5.10 Å². The van der Waals surface area contributed by atoms with E-state index in [1.54, 1.807) is 31.7 Å². The first-order valence-electron chi connectivity index (χ1n) is 7.35. The van der Waals surface area contributed by atoms with Crippen molar-refractivity contribution in [3.8, 4) is 0 Å².